The third kappa shape index (κ3) is 4.97. The number of nitrogens with two attached hydrogens (primary N) is 1. The van der Waals surface area contributed by atoms with Crippen molar-refractivity contribution in [3.63, 3.8) is 0 Å². The summed E-state index contributed by atoms with van der Waals surface area (Å²) in [5, 5.41) is 18.4. The highest BCUT2D eigenvalue weighted by atomic mass is 16.4. The molecule has 1 aromatic carbocycles. The Kier molecular flexibility index (Phi) is 4.26. The lowest BCUT2D eigenvalue weighted by molar-refractivity contribution is -0.138. The van der Waals surface area contributed by atoms with Crippen molar-refractivity contribution < 1.29 is 15.0 Å². The average Bonchev–Trinajstić information content (AvgIpc) is 2.15. The van der Waals surface area contributed by atoms with E-state index in [1.807, 2.05) is 24.3 Å². The number of rotatable bonds is 5. The van der Waals surface area contributed by atoms with Gasteiger partial charge in [-0.2, -0.15) is 0 Å². The lowest BCUT2D eigenvalue weighted by Crippen LogP contribution is -2.32. The lowest BCUT2D eigenvalue weighted by Gasteiger charge is -2.17. The van der Waals surface area contributed by atoms with E-state index in [9.17, 15) is 9.90 Å². The lowest BCUT2D eigenvalue weighted by atomic mass is 9.96. The smallest absolute Gasteiger partial charge is 0.320 e. The van der Waals surface area contributed by atoms with Crippen LogP contribution in [0.15, 0.2) is 24.3 Å². The molecule has 1 aromatic rings. The molecule has 1 unspecified atom stereocenters. The van der Waals surface area contributed by atoms with Gasteiger partial charge in [-0.3, -0.25) is 4.79 Å². The molecule has 0 aliphatic rings. The molecule has 0 spiro atoms. The van der Waals surface area contributed by atoms with E-state index in [-0.39, 0.29) is 0 Å². The van der Waals surface area contributed by atoms with Crippen LogP contribution in [0.2, 0.25) is 0 Å². The quantitative estimate of drug-likeness (QED) is 0.712. The third-order valence-corrected chi connectivity index (χ3v) is 2.40. The fourth-order valence-corrected chi connectivity index (χ4v) is 1.71. The summed E-state index contributed by atoms with van der Waals surface area (Å²) in [7, 11) is 0. The number of hydrogen-bond donors (Lipinski definition) is 3. The number of carboxylic acids is 1. The zero-order valence-electron chi connectivity index (χ0n) is 10.2. The maximum Gasteiger partial charge on any atom is 0.320 e. The van der Waals surface area contributed by atoms with Crippen LogP contribution in [0.1, 0.15) is 25.0 Å². The van der Waals surface area contributed by atoms with E-state index >= 15 is 0 Å². The van der Waals surface area contributed by atoms with Crippen LogP contribution < -0.4 is 5.73 Å². The minimum absolute atomic E-state index is 0.301. The minimum Gasteiger partial charge on any atom is -0.480 e. The second-order valence-electron chi connectivity index (χ2n) is 4.96. The first-order valence-electron chi connectivity index (χ1n) is 5.56. The number of carbonyl (C=O) groups is 1. The van der Waals surface area contributed by atoms with E-state index in [2.05, 4.69) is 0 Å². The summed E-state index contributed by atoms with van der Waals surface area (Å²) in [6, 6.07) is 6.61. The number of aliphatic carboxylic acids is 1. The van der Waals surface area contributed by atoms with Crippen molar-refractivity contribution in [3.05, 3.63) is 35.4 Å². The van der Waals surface area contributed by atoms with Crippen molar-refractivity contribution in [1.82, 2.24) is 0 Å². The van der Waals surface area contributed by atoms with E-state index in [1.165, 1.54) is 0 Å². The largest absolute Gasteiger partial charge is 0.480 e. The molecule has 0 aromatic heterocycles. The Balaban J connectivity index is 2.76. The fourth-order valence-electron chi connectivity index (χ4n) is 1.71. The molecule has 1 atom stereocenters. The molecule has 1 rings (SSSR count). The van der Waals surface area contributed by atoms with Crippen LogP contribution >= 0.6 is 0 Å². The zero-order valence-corrected chi connectivity index (χ0v) is 10.2. The predicted molar refractivity (Wildman–Crippen MR) is 65.8 cm³/mol. The van der Waals surface area contributed by atoms with Gasteiger partial charge >= 0.3 is 5.97 Å². The first-order chi connectivity index (χ1) is 7.78. The van der Waals surface area contributed by atoms with Crippen LogP contribution in [-0.4, -0.2) is 27.8 Å². The first kappa shape index (κ1) is 13.7. The van der Waals surface area contributed by atoms with Crippen molar-refractivity contribution in [2.24, 2.45) is 5.73 Å². The van der Waals surface area contributed by atoms with Crippen LogP contribution in [0.5, 0.6) is 0 Å². The summed E-state index contributed by atoms with van der Waals surface area (Å²) in [5.41, 5.74) is 6.56. The van der Waals surface area contributed by atoms with Crippen molar-refractivity contribution in [2.75, 3.05) is 0 Å². The van der Waals surface area contributed by atoms with Gasteiger partial charge in [0.1, 0.15) is 6.04 Å². The maximum atomic E-state index is 10.7. The standard InChI is InChI=1S/C13H19NO3/c1-13(2,17)8-10-5-3-4-9(6-10)7-11(14)12(15)16/h3-6,11,17H,7-8,14H2,1-2H3,(H,15,16). The Morgan fingerprint density at radius 2 is 2.00 bits per heavy atom. The number of benzene rings is 1. The molecule has 94 valence electrons. The van der Waals surface area contributed by atoms with E-state index < -0.39 is 17.6 Å². The van der Waals surface area contributed by atoms with Crippen LogP contribution in [0, 0.1) is 0 Å². The second-order valence-corrected chi connectivity index (χ2v) is 4.96. The molecule has 0 heterocycles. The summed E-state index contributed by atoms with van der Waals surface area (Å²) in [6.07, 6.45) is 0.832. The molecule has 0 saturated carbocycles. The molecule has 0 aliphatic carbocycles. The van der Waals surface area contributed by atoms with Gasteiger partial charge in [0.15, 0.2) is 0 Å². The Morgan fingerprint density at radius 1 is 1.41 bits per heavy atom. The number of hydrogen-bond acceptors (Lipinski definition) is 3. The van der Waals surface area contributed by atoms with Crippen LogP contribution in [-0.2, 0) is 17.6 Å². The monoisotopic (exact) mass is 237 g/mol. The van der Waals surface area contributed by atoms with Gasteiger partial charge in [0.2, 0.25) is 0 Å². The molecular formula is C13H19NO3. The number of aliphatic hydroxyl groups is 1. The average molecular weight is 237 g/mol. The fraction of sp³-hybridized carbons (Fsp3) is 0.462. The third-order valence-electron chi connectivity index (χ3n) is 2.40. The molecule has 0 bridgehead atoms. The molecule has 0 fully saturated rings. The Hall–Kier alpha value is -1.39. The summed E-state index contributed by atoms with van der Waals surface area (Å²) >= 11 is 0. The molecule has 4 N–H and O–H groups in total. The normalized spacial score (nSPS) is 13.4. The first-order valence-corrected chi connectivity index (χ1v) is 5.56. The molecule has 0 saturated heterocycles. The van der Waals surface area contributed by atoms with Crippen LogP contribution in [0.4, 0.5) is 0 Å². The van der Waals surface area contributed by atoms with Crippen molar-refractivity contribution in [1.29, 1.82) is 0 Å². The van der Waals surface area contributed by atoms with Gasteiger partial charge in [0.25, 0.3) is 0 Å². The number of carboxylic acid groups (broad SMARTS) is 1. The van der Waals surface area contributed by atoms with Crippen molar-refractivity contribution in [2.45, 2.75) is 38.3 Å². The highest BCUT2D eigenvalue weighted by molar-refractivity contribution is 5.73. The highest BCUT2D eigenvalue weighted by Gasteiger charge is 2.15. The molecule has 4 heteroatoms. The van der Waals surface area contributed by atoms with E-state index in [1.54, 1.807) is 13.8 Å². The van der Waals surface area contributed by atoms with Crippen molar-refractivity contribution in [3.8, 4) is 0 Å². The van der Waals surface area contributed by atoms with Gasteiger partial charge in [-0.25, -0.2) is 0 Å². The van der Waals surface area contributed by atoms with Crippen molar-refractivity contribution >= 4 is 5.97 Å². The zero-order chi connectivity index (χ0) is 13.1. The molecular weight excluding hydrogens is 218 g/mol. The van der Waals surface area contributed by atoms with Gasteiger partial charge in [-0.15, -0.1) is 0 Å². The highest BCUT2D eigenvalue weighted by Crippen LogP contribution is 2.14. The van der Waals surface area contributed by atoms with E-state index in [0.29, 0.717) is 12.8 Å². The van der Waals surface area contributed by atoms with Gasteiger partial charge in [0, 0.05) is 6.42 Å². The molecule has 0 radical (unpaired) electrons. The molecule has 0 amide bonds. The van der Waals surface area contributed by atoms with Gasteiger partial charge in [-0.1, -0.05) is 24.3 Å². The summed E-state index contributed by atoms with van der Waals surface area (Å²) in [5.74, 6) is -1.00. The molecule has 17 heavy (non-hydrogen) atoms. The summed E-state index contributed by atoms with van der Waals surface area (Å²) in [6.45, 7) is 3.48. The Labute approximate surface area is 101 Å². The predicted octanol–water partition coefficient (Wildman–Crippen LogP) is 0.954. The SMILES string of the molecule is CC(C)(O)Cc1cccc(CC(N)C(=O)O)c1. The molecule has 0 aliphatic heterocycles. The van der Waals surface area contributed by atoms with Crippen LogP contribution in [0.25, 0.3) is 0 Å². The topological polar surface area (TPSA) is 83.5 Å². The Bertz CT molecular complexity index is 396. The summed E-state index contributed by atoms with van der Waals surface area (Å²) in [4.78, 5) is 10.7. The molecule has 4 nitrogen and oxygen atoms in total. The minimum atomic E-state index is -1.00. The maximum absolute atomic E-state index is 10.7. The van der Waals surface area contributed by atoms with E-state index in [4.69, 9.17) is 10.8 Å². The Morgan fingerprint density at radius 3 is 2.53 bits per heavy atom. The van der Waals surface area contributed by atoms with Gasteiger partial charge in [-0.05, 0) is 31.4 Å². The second kappa shape index (κ2) is 5.29. The van der Waals surface area contributed by atoms with Gasteiger partial charge < -0.3 is 15.9 Å². The van der Waals surface area contributed by atoms with Gasteiger partial charge in [0.05, 0.1) is 5.60 Å². The summed E-state index contributed by atoms with van der Waals surface area (Å²) < 4.78 is 0. The van der Waals surface area contributed by atoms with E-state index in [0.717, 1.165) is 11.1 Å². The van der Waals surface area contributed by atoms with Crippen LogP contribution in [0.3, 0.4) is 0 Å².